The number of aromatic nitrogens is 2. The molecule has 0 unspecified atom stereocenters. The maximum absolute atomic E-state index is 12.4. The van der Waals surface area contributed by atoms with Crippen LogP contribution >= 0.6 is 0 Å². The molecular weight excluding hydrogens is 412 g/mol. The van der Waals surface area contributed by atoms with Crippen LogP contribution in [0.1, 0.15) is 55.5 Å². The molecule has 2 aromatic carbocycles. The van der Waals surface area contributed by atoms with Gasteiger partial charge in [0.05, 0.1) is 30.3 Å². The van der Waals surface area contributed by atoms with E-state index in [1.165, 1.54) is 11.8 Å². The Labute approximate surface area is 196 Å². The third-order valence-corrected chi connectivity index (χ3v) is 5.52. The summed E-state index contributed by atoms with van der Waals surface area (Å²) in [5, 5.41) is 0. The van der Waals surface area contributed by atoms with Crippen LogP contribution in [-0.4, -0.2) is 22.5 Å². The van der Waals surface area contributed by atoms with Crippen molar-refractivity contribution in [2.75, 3.05) is 6.61 Å². The number of carbonyl (C=O) groups excluding carboxylic acids is 1. The number of hydrogen-bond donors (Lipinski definition) is 0. The molecule has 0 bridgehead atoms. The first-order valence-electron chi connectivity index (χ1n) is 11.6. The molecule has 0 amide bonds. The molecule has 3 rings (SSSR count). The van der Waals surface area contributed by atoms with Crippen LogP contribution in [0.3, 0.4) is 0 Å². The number of nitrogens with zero attached hydrogens (tertiary/aromatic N) is 2. The van der Waals surface area contributed by atoms with Gasteiger partial charge in [-0.05, 0) is 73.6 Å². The summed E-state index contributed by atoms with van der Waals surface area (Å²) in [7, 11) is 0. The van der Waals surface area contributed by atoms with Crippen molar-refractivity contribution in [3.63, 3.8) is 0 Å². The second-order valence-corrected chi connectivity index (χ2v) is 8.21. The lowest BCUT2D eigenvalue weighted by molar-refractivity contribution is 0.0727. The van der Waals surface area contributed by atoms with Crippen molar-refractivity contribution in [3.8, 4) is 22.9 Å². The van der Waals surface area contributed by atoms with Crippen LogP contribution in [0.4, 0.5) is 0 Å². The molecule has 0 aliphatic heterocycles. The third kappa shape index (κ3) is 7.56. The fourth-order valence-corrected chi connectivity index (χ4v) is 3.18. The highest BCUT2D eigenvalue weighted by Crippen LogP contribution is 2.22. The minimum atomic E-state index is -0.446. The maximum Gasteiger partial charge on any atom is 0.344 e. The van der Waals surface area contributed by atoms with E-state index in [2.05, 4.69) is 30.4 Å². The van der Waals surface area contributed by atoms with Crippen molar-refractivity contribution in [2.45, 2.75) is 46.0 Å². The van der Waals surface area contributed by atoms with E-state index in [0.29, 0.717) is 23.8 Å². The Morgan fingerprint density at radius 1 is 1.03 bits per heavy atom. The largest absolute Gasteiger partial charge is 0.493 e. The average Bonchev–Trinajstić information content (AvgIpc) is 2.86. The summed E-state index contributed by atoms with van der Waals surface area (Å²) < 4.78 is 11.2. The quantitative estimate of drug-likeness (QED) is 0.177. The molecule has 5 nitrogen and oxygen atoms in total. The van der Waals surface area contributed by atoms with Gasteiger partial charge < -0.3 is 9.47 Å². The molecule has 0 aliphatic carbocycles. The number of carbonyl (C=O) groups is 1. The predicted molar refractivity (Wildman–Crippen MR) is 132 cm³/mol. The number of esters is 1. The van der Waals surface area contributed by atoms with Gasteiger partial charge in [-0.1, -0.05) is 38.5 Å². The van der Waals surface area contributed by atoms with Crippen LogP contribution in [0, 0.1) is 5.92 Å². The molecule has 3 aromatic rings. The fraction of sp³-hybridized carbons (Fsp3) is 0.321. The molecule has 0 radical (unpaired) electrons. The topological polar surface area (TPSA) is 61.3 Å². The van der Waals surface area contributed by atoms with Gasteiger partial charge in [-0.2, -0.15) is 0 Å². The van der Waals surface area contributed by atoms with E-state index in [-0.39, 0.29) is 5.88 Å². The molecule has 1 atom stereocenters. The Kier molecular flexibility index (Phi) is 9.19. The van der Waals surface area contributed by atoms with Gasteiger partial charge in [0, 0.05) is 5.56 Å². The molecule has 0 spiro atoms. The van der Waals surface area contributed by atoms with Crippen molar-refractivity contribution >= 4 is 5.97 Å². The lowest BCUT2D eigenvalue weighted by Crippen LogP contribution is -2.09. The van der Waals surface area contributed by atoms with Gasteiger partial charge in [-0.3, -0.25) is 0 Å². The molecule has 0 saturated carbocycles. The summed E-state index contributed by atoms with van der Waals surface area (Å²) in [6.45, 7) is 8.76. The van der Waals surface area contributed by atoms with Gasteiger partial charge in [0.2, 0.25) is 5.88 Å². The molecule has 0 fully saturated rings. The molecule has 0 saturated heterocycles. The molecule has 33 heavy (non-hydrogen) atoms. The Balaban J connectivity index is 1.53. The van der Waals surface area contributed by atoms with Crippen molar-refractivity contribution in [1.29, 1.82) is 0 Å². The average molecular weight is 445 g/mol. The number of allylic oxidation sites excluding steroid dienone is 1. The van der Waals surface area contributed by atoms with Crippen LogP contribution in [-0.2, 0) is 6.42 Å². The number of rotatable bonds is 12. The second-order valence-electron chi connectivity index (χ2n) is 8.21. The van der Waals surface area contributed by atoms with Crippen LogP contribution in [0.2, 0.25) is 0 Å². The van der Waals surface area contributed by atoms with Crippen molar-refractivity contribution in [2.24, 2.45) is 5.92 Å². The lowest BCUT2D eigenvalue weighted by Gasteiger charge is -2.11. The molecule has 5 heteroatoms. The summed E-state index contributed by atoms with van der Waals surface area (Å²) in [6, 6.07) is 15.3. The van der Waals surface area contributed by atoms with Gasteiger partial charge in [-0.15, -0.1) is 6.58 Å². The van der Waals surface area contributed by atoms with E-state index in [9.17, 15) is 4.79 Å². The van der Waals surface area contributed by atoms with E-state index in [1.54, 1.807) is 18.3 Å². The normalized spacial score (nSPS) is 11.6. The fourth-order valence-electron chi connectivity index (χ4n) is 3.18. The molecule has 1 heterocycles. The zero-order valence-electron chi connectivity index (χ0n) is 19.5. The summed E-state index contributed by atoms with van der Waals surface area (Å²) in [5.41, 5.74) is 3.31. The highest BCUT2D eigenvalue weighted by Gasteiger charge is 2.11. The summed E-state index contributed by atoms with van der Waals surface area (Å²) >= 11 is 0. The van der Waals surface area contributed by atoms with E-state index in [1.807, 2.05) is 42.5 Å². The smallest absolute Gasteiger partial charge is 0.344 e. The van der Waals surface area contributed by atoms with E-state index in [0.717, 1.165) is 43.4 Å². The molecule has 0 aliphatic rings. The number of hydrogen-bond acceptors (Lipinski definition) is 5. The molecule has 172 valence electrons. The maximum atomic E-state index is 12.4. The van der Waals surface area contributed by atoms with E-state index >= 15 is 0 Å². The van der Waals surface area contributed by atoms with Crippen molar-refractivity contribution in [3.05, 3.63) is 84.7 Å². The Morgan fingerprint density at radius 2 is 1.79 bits per heavy atom. The third-order valence-electron chi connectivity index (χ3n) is 5.52. The molecule has 0 N–H and O–H groups in total. The minimum absolute atomic E-state index is 0.172. The summed E-state index contributed by atoms with van der Waals surface area (Å²) in [6.07, 6.45) is 10.3. The molecular formula is C28H32N2O3. The zero-order chi connectivity index (χ0) is 23.5. The predicted octanol–water partition coefficient (Wildman–Crippen LogP) is 6.69. The van der Waals surface area contributed by atoms with Gasteiger partial charge in [0.15, 0.2) is 0 Å². The van der Waals surface area contributed by atoms with Gasteiger partial charge in [-0.25, -0.2) is 14.8 Å². The van der Waals surface area contributed by atoms with Gasteiger partial charge >= 0.3 is 5.97 Å². The molecule has 1 aromatic heterocycles. The van der Waals surface area contributed by atoms with Gasteiger partial charge in [0.25, 0.3) is 0 Å². The Morgan fingerprint density at radius 3 is 2.42 bits per heavy atom. The summed E-state index contributed by atoms with van der Waals surface area (Å²) in [4.78, 5) is 21.1. The summed E-state index contributed by atoms with van der Waals surface area (Å²) in [5.74, 6) is 1.08. The number of ether oxygens (including phenoxy) is 2. The first-order chi connectivity index (χ1) is 16.1. The van der Waals surface area contributed by atoms with Crippen LogP contribution in [0.25, 0.3) is 11.3 Å². The second kappa shape index (κ2) is 12.5. The van der Waals surface area contributed by atoms with E-state index in [4.69, 9.17) is 9.47 Å². The van der Waals surface area contributed by atoms with Crippen molar-refractivity contribution in [1.82, 2.24) is 9.97 Å². The standard InChI is InChI=1S/C28H32N2O3/c1-4-6-7-8-9-22-10-12-24(13-11-22)28(31)33-27-19-29-26(18-30-27)23-14-16-25(17-15-23)32-20-21(3)5-2/h4,10-19,21H,1,5-9,20H2,2-3H3/t21-/m0/s1. The monoisotopic (exact) mass is 444 g/mol. The highest BCUT2D eigenvalue weighted by atomic mass is 16.5. The van der Waals surface area contributed by atoms with Gasteiger partial charge in [0.1, 0.15) is 5.75 Å². The Hall–Kier alpha value is -3.47. The van der Waals surface area contributed by atoms with Crippen LogP contribution < -0.4 is 9.47 Å². The number of benzene rings is 2. The SMILES string of the molecule is C=CCCCCc1ccc(C(=O)Oc2cnc(-c3ccc(OC[C@@H](C)CC)cc3)cn2)cc1. The van der Waals surface area contributed by atoms with Crippen molar-refractivity contribution < 1.29 is 14.3 Å². The lowest BCUT2D eigenvalue weighted by atomic mass is 10.1. The first kappa shape index (κ1) is 24.2. The Bertz CT molecular complexity index is 1010. The van der Waals surface area contributed by atoms with E-state index < -0.39 is 5.97 Å². The number of unbranched alkanes of at least 4 members (excludes halogenated alkanes) is 2. The van der Waals surface area contributed by atoms with Crippen LogP contribution in [0.15, 0.2) is 73.6 Å². The van der Waals surface area contributed by atoms with Crippen LogP contribution in [0.5, 0.6) is 11.6 Å². The number of aryl methyl sites for hydroxylation is 1. The first-order valence-corrected chi connectivity index (χ1v) is 11.6. The highest BCUT2D eigenvalue weighted by molar-refractivity contribution is 5.90. The minimum Gasteiger partial charge on any atom is -0.493 e. The zero-order valence-corrected chi connectivity index (χ0v) is 19.5.